The summed E-state index contributed by atoms with van der Waals surface area (Å²) in [7, 11) is 0. The predicted octanol–water partition coefficient (Wildman–Crippen LogP) is 8.69. The molecule has 0 saturated carbocycles. The number of nitrogens with zero attached hydrogens (tertiary/aromatic N) is 2. The minimum absolute atomic E-state index is 0. The van der Waals surface area contributed by atoms with Gasteiger partial charge in [0.05, 0.1) is 35.1 Å². The average molecular weight is 696 g/mol. The maximum absolute atomic E-state index is 13.5. The van der Waals surface area contributed by atoms with Gasteiger partial charge in [-0.05, 0) is 101 Å². The van der Waals surface area contributed by atoms with E-state index in [2.05, 4.69) is 37.5 Å². The van der Waals surface area contributed by atoms with Crippen molar-refractivity contribution in [3.63, 3.8) is 0 Å². The maximum Gasteiger partial charge on any atom is 0.338 e. The van der Waals surface area contributed by atoms with E-state index >= 15 is 0 Å². The molecule has 3 aromatic rings. The summed E-state index contributed by atoms with van der Waals surface area (Å²) >= 11 is 0. The smallest absolute Gasteiger partial charge is 0.338 e. The van der Waals surface area contributed by atoms with E-state index < -0.39 is 11.9 Å². The van der Waals surface area contributed by atoms with Gasteiger partial charge in [-0.25, -0.2) is 9.59 Å². The molecule has 8 nitrogen and oxygen atoms in total. The van der Waals surface area contributed by atoms with Crippen molar-refractivity contribution >= 4 is 58.7 Å². The summed E-state index contributed by atoms with van der Waals surface area (Å²) in [6, 6.07) is 9.52. The van der Waals surface area contributed by atoms with Gasteiger partial charge in [-0.15, -0.1) is 24.8 Å². The molecule has 264 valence electrons. The van der Waals surface area contributed by atoms with Crippen LogP contribution in [0.4, 0.5) is 0 Å². The standard InChI is InChI=1S/C37H54N2O6.2ClH/c1-5-9-19-38(20-10-6-2)23-13-25-43-36(41)29-15-17-33-31(27-29)35(40)32-28-30(16-18-34(32)45-33)37(42)44-26-14-24-39(21-11-7-3)22-12-8-4;;/h15-18,27-28H,5-14,19-26H2,1-4H3;2*1H. The van der Waals surface area contributed by atoms with Gasteiger partial charge in [-0.2, -0.15) is 0 Å². The monoisotopic (exact) mass is 694 g/mol. The van der Waals surface area contributed by atoms with Crippen molar-refractivity contribution < 1.29 is 23.5 Å². The highest BCUT2D eigenvalue weighted by Crippen LogP contribution is 2.22. The number of ether oxygens (including phenoxy) is 2. The van der Waals surface area contributed by atoms with Crippen molar-refractivity contribution in [2.75, 3.05) is 52.5 Å². The van der Waals surface area contributed by atoms with Gasteiger partial charge in [0.15, 0.2) is 0 Å². The summed E-state index contributed by atoms with van der Waals surface area (Å²) in [5.41, 5.74) is 1.03. The second kappa shape index (κ2) is 23.6. The highest BCUT2D eigenvalue weighted by Gasteiger charge is 2.16. The summed E-state index contributed by atoms with van der Waals surface area (Å²) < 4.78 is 17.1. The first kappa shape index (κ1) is 42.4. The molecule has 10 heteroatoms. The summed E-state index contributed by atoms with van der Waals surface area (Å²) in [4.78, 5) is 44.0. The Morgan fingerprint density at radius 3 is 1.26 bits per heavy atom. The number of carbonyl (C=O) groups excluding carboxylic acids is 2. The van der Waals surface area contributed by atoms with Crippen LogP contribution in [-0.4, -0.2) is 74.2 Å². The van der Waals surface area contributed by atoms with E-state index in [1.54, 1.807) is 24.3 Å². The van der Waals surface area contributed by atoms with Crippen molar-refractivity contribution in [2.45, 2.75) is 91.9 Å². The van der Waals surface area contributed by atoms with Crippen LogP contribution in [0.3, 0.4) is 0 Å². The first-order chi connectivity index (χ1) is 21.9. The molecule has 3 rings (SSSR count). The molecule has 0 amide bonds. The molecule has 0 aliphatic carbocycles. The van der Waals surface area contributed by atoms with Crippen LogP contribution in [0, 0.1) is 0 Å². The molecule has 0 saturated heterocycles. The lowest BCUT2D eigenvalue weighted by atomic mass is 10.1. The number of hydrogen-bond acceptors (Lipinski definition) is 8. The van der Waals surface area contributed by atoms with E-state index in [4.69, 9.17) is 13.9 Å². The van der Waals surface area contributed by atoms with Crippen molar-refractivity contribution in [3.8, 4) is 0 Å². The lowest BCUT2D eigenvalue weighted by Crippen LogP contribution is -2.28. The number of hydrogen-bond donors (Lipinski definition) is 0. The predicted molar refractivity (Wildman–Crippen MR) is 197 cm³/mol. The summed E-state index contributed by atoms with van der Waals surface area (Å²) in [5, 5.41) is 0.541. The average Bonchev–Trinajstić information content (AvgIpc) is 3.06. The molecule has 0 radical (unpaired) electrons. The first-order valence-electron chi connectivity index (χ1n) is 17.2. The molecular formula is C37H56Cl2N2O6. The van der Waals surface area contributed by atoms with Gasteiger partial charge in [0.2, 0.25) is 5.43 Å². The van der Waals surface area contributed by atoms with E-state index in [-0.39, 0.29) is 41.0 Å². The van der Waals surface area contributed by atoms with E-state index in [1.807, 2.05) is 0 Å². The number of esters is 2. The normalized spacial score (nSPS) is 11.1. The van der Waals surface area contributed by atoms with Crippen LogP contribution < -0.4 is 5.43 Å². The van der Waals surface area contributed by atoms with E-state index in [0.717, 1.165) is 103 Å². The van der Waals surface area contributed by atoms with Crippen molar-refractivity contribution in [3.05, 3.63) is 57.7 Å². The number of rotatable bonds is 22. The van der Waals surface area contributed by atoms with Crippen molar-refractivity contribution in [2.24, 2.45) is 0 Å². The largest absolute Gasteiger partial charge is 0.462 e. The number of benzene rings is 2. The molecule has 0 fully saturated rings. The number of halogens is 2. The Hall–Kier alpha value is -2.65. The highest BCUT2D eigenvalue weighted by atomic mass is 35.5. The zero-order valence-electron chi connectivity index (χ0n) is 28.9. The number of unbranched alkanes of at least 4 members (excludes halogenated alkanes) is 4. The lowest BCUT2D eigenvalue weighted by Gasteiger charge is -2.21. The quantitative estimate of drug-likeness (QED) is 0.0586. The SMILES string of the molecule is CCCCN(CCCC)CCCOC(=O)c1ccc2oc3ccc(C(=O)OCCCN(CCCC)CCCC)cc3c(=O)c2c1.Cl.Cl. The summed E-state index contributed by atoms with van der Waals surface area (Å²) in [5.74, 6) is -0.935. The number of fused-ring (bicyclic) bond motifs is 2. The minimum atomic E-state index is -0.467. The second-order valence-electron chi connectivity index (χ2n) is 11.9. The molecule has 0 aliphatic rings. The Morgan fingerprint density at radius 2 is 0.915 bits per heavy atom. The zero-order valence-corrected chi connectivity index (χ0v) is 30.5. The van der Waals surface area contributed by atoms with Gasteiger partial charge in [-0.1, -0.05) is 53.4 Å². The van der Waals surface area contributed by atoms with Crippen molar-refractivity contribution in [1.82, 2.24) is 9.80 Å². The molecule has 1 aromatic heterocycles. The molecule has 0 N–H and O–H groups in total. The third kappa shape index (κ3) is 13.8. The third-order valence-corrected chi connectivity index (χ3v) is 8.15. The van der Waals surface area contributed by atoms with Crippen LogP contribution in [0.1, 0.15) is 113 Å². The fourth-order valence-electron chi connectivity index (χ4n) is 5.38. The summed E-state index contributed by atoms with van der Waals surface area (Å²) in [6.07, 6.45) is 10.8. The Morgan fingerprint density at radius 1 is 0.574 bits per heavy atom. The second-order valence-corrected chi connectivity index (χ2v) is 11.9. The van der Waals surface area contributed by atoms with E-state index in [0.29, 0.717) is 35.5 Å². The van der Waals surface area contributed by atoms with Gasteiger partial charge in [0.1, 0.15) is 11.2 Å². The third-order valence-electron chi connectivity index (χ3n) is 8.15. The van der Waals surface area contributed by atoms with Crippen LogP contribution in [0.5, 0.6) is 0 Å². The topological polar surface area (TPSA) is 89.3 Å². The Bertz CT molecular complexity index is 1300. The van der Waals surface area contributed by atoms with Crippen LogP contribution >= 0.6 is 24.8 Å². The van der Waals surface area contributed by atoms with Gasteiger partial charge in [0, 0.05) is 13.1 Å². The van der Waals surface area contributed by atoms with E-state index in [1.165, 1.54) is 12.1 Å². The molecule has 0 bridgehead atoms. The number of carbonyl (C=O) groups is 2. The van der Waals surface area contributed by atoms with Crippen LogP contribution in [0.15, 0.2) is 45.6 Å². The van der Waals surface area contributed by atoms with Crippen LogP contribution in [-0.2, 0) is 9.47 Å². The molecule has 1 heterocycles. The first-order valence-corrected chi connectivity index (χ1v) is 17.2. The van der Waals surface area contributed by atoms with Crippen LogP contribution in [0.2, 0.25) is 0 Å². The van der Waals surface area contributed by atoms with Crippen molar-refractivity contribution in [1.29, 1.82) is 0 Å². The molecular weight excluding hydrogens is 639 g/mol. The molecule has 47 heavy (non-hydrogen) atoms. The van der Waals surface area contributed by atoms with Gasteiger partial charge in [0.25, 0.3) is 0 Å². The Labute approximate surface area is 293 Å². The fourth-order valence-corrected chi connectivity index (χ4v) is 5.38. The molecule has 0 spiro atoms. The molecule has 0 unspecified atom stereocenters. The minimum Gasteiger partial charge on any atom is -0.462 e. The fraction of sp³-hybridized carbons (Fsp3) is 0.595. The van der Waals surface area contributed by atoms with Gasteiger partial charge in [-0.3, -0.25) is 4.79 Å². The molecule has 0 aliphatic heterocycles. The van der Waals surface area contributed by atoms with Gasteiger partial charge < -0.3 is 23.7 Å². The van der Waals surface area contributed by atoms with Gasteiger partial charge >= 0.3 is 11.9 Å². The Kier molecular flexibility index (Phi) is 21.3. The molecule has 0 atom stereocenters. The Balaban J connectivity index is 0.00000552. The lowest BCUT2D eigenvalue weighted by molar-refractivity contribution is 0.0478. The molecule has 2 aromatic carbocycles. The maximum atomic E-state index is 13.5. The summed E-state index contributed by atoms with van der Waals surface area (Å²) in [6.45, 7) is 15.5. The highest BCUT2D eigenvalue weighted by molar-refractivity contribution is 5.99. The van der Waals surface area contributed by atoms with Crippen LogP contribution in [0.25, 0.3) is 21.9 Å². The van der Waals surface area contributed by atoms with E-state index in [9.17, 15) is 14.4 Å². The zero-order chi connectivity index (χ0) is 32.4.